The highest BCUT2D eigenvalue weighted by Gasteiger charge is 2.33. The molecule has 1 aromatic carbocycles. The van der Waals surface area contributed by atoms with Crippen LogP contribution in [-0.4, -0.2) is 46.3 Å². The van der Waals surface area contributed by atoms with Gasteiger partial charge < -0.3 is 18.6 Å². The third-order valence-electron chi connectivity index (χ3n) is 5.81. The monoisotopic (exact) mass is 492 g/mol. The number of furan rings is 1. The number of thioether (sulfide) groups is 1. The van der Waals surface area contributed by atoms with E-state index in [-0.39, 0.29) is 24.0 Å². The van der Waals surface area contributed by atoms with Crippen LogP contribution in [0, 0.1) is 11.3 Å². The first-order chi connectivity index (χ1) is 16.6. The maximum atomic E-state index is 12.9. The second-order valence-corrected chi connectivity index (χ2v) is 9.74. The van der Waals surface area contributed by atoms with Crippen LogP contribution in [0.5, 0.6) is 0 Å². The minimum Gasteiger partial charge on any atom is -0.467 e. The standard InChI is InChI=1S/C24H21N5O3S2/c25-14-19-23(28-10-8-27(9-11-28)15-17-5-2-1-3-6-17)32-21(26-19)13-20-22(30)29(24(33)34-20)16-18-7-4-12-31-18/h1-7,12-13H,8-11,15-16H2/p+1/b20-13+. The third-order valence-corrected chi connectivity index (χ3v) is 7.19. The predicted molar refractivity (Wildman–Crippen MR) is 132 cm³/mol. The number of benzene rings is 1. The lowest BCUT2D eigenvalue weighted by molar-refractivity contribution is -0.914. The number of amides is 1. The number of hydrogen-bond donors (Lipinski definition) is 1. The smallest absolute Gasteiger partial charge is 0.266 e. The highest BCUT2D eigenvalue weighted by molar-refractivity contribution is 8.26. The van der Waals surface area contributed by atoms with Gasteiger partial charge in [-0.1, -0.05) is 54.3 Å². The van der Waals surface area contributed by atoms with Gasteiger partial charge in [-0.3, -0.25) is 9.69 Å². The Morgan fingerprint density at radius 1 is 1.21 bits per heavy atom. The Balaban J connectivity index is 1.27. The van der Waals surface area contributed by atoms with Gasteiger partial charge in [0.05, 0.1) is 43.9 Å². The van der Waals surface area contributed by atoms with Crippen molar-refractivity contribution in [3.8, 4) is 6.07 Å². The van der Waals surface area contributed by atoms with Gasteiger partial charge in [-0.05, 0) is 12.1 Å². The molecular formula is C24H22N5O3S2+. The molecule has 172 valence electrons. The van der Waals surface area contributed by atoms with Crippen LogP contribution in [0.25, 0.3) is 6.08 Å². The van der Waals surface area contributed by atoms with Gasteiger partial charge >= 0.3 is 0 Å². The van der Waals surface area contributed by atoms with E-state index in [1.165, 1.54) is 27.1 Å². The number of oxazole rings is 1. The lowest BCUT2D eigenvalue weighted by Gasteiger charge is -2.31. The first-order valence-electron chi connectivity index (χ1n) is 10.9. The van der Waals surface area contributed by atoms with Gasteiger partial charge in [0.25, 0.3) is 5.91 Å². The van der Waals surface area contributed by atoms with Crippen molar-refractivity contribution in [2.75, 3.05) is 31.1 Å². The molecule has 4 heterocycles. The maximum Gasteiger partial charge on any atom is 0.266 e. The lowest BCUT2D eigenvalue weighted by Crippen LogP contribution is -3.13. The number of aromatic nitrogens is 1. The lowest BCUT2D eigenvalue weighted by atomic mass is 10.2. The molecule has 0 spiro atoms. The van der Waals surface area contributed by atoms with Gasteiger partial charge in [0, 0.05) is 11.6 Å². The first-order valence-corrected chi connectivity index (χ1v) is 12.1. The Morgan fingerprint density at radius 3 is 2.71 bits per heavy atom. The molecule has 0 unspecified atom stereocenters. The largest absolute Gasteiger partial charge is 0.467 e. The number of nitrogens with one attached hydrogen (secondary N) is 1. The fraction of sp³-hybridized carbons (Fsp3) is 0.250. The molecule has 3 aromatic rings. The van der Waals surface area contributed by atoms with Crippen molar-refractivity contribution in [3.05, 3.63) is 76.5 Å². The summed E-state index contributed by atoms with van der Waals surface area (Å²) in [5, 5.41) is 9.61. The Labute approximate surface area is 206 Å². The van der Waals surface area contributed by atoms with Crippen molar-refractivity contribution >= 4 is 46.2 Å². The molecule has 2 fully saturated rings. The number of hydrogen-bond acceptors (Lipinski definition) is 8. The van der Waals surface area contributed by atoms with Crippen molar-refractivity contribution in [2.45, 2.75) is 13.1 Å². The molecule has 10 heteroatoms. The molecule has 0 atom stereocenters. The molecule has 1 amide bonds. The summed E-state index contributed by atoms with van der Waals surface area (Å²) in [5.74, 6) is 1.10. The number of quaternary nitrogens is 1. The molecule has 2 aliphatic rings. The summed E-state index contributed by atoms with van der Waals surface area (Å²) in [6.07, 6.45) is 3.12. The van der Waals surface area contributed by atoms with Crippen molar-refractivity contribution in [2.24, 2.45) is 0 Å². The zero-order chi connectivity index (χ0) is 23.5. The summed E-state index contributed by atoms with van der Waals surface area (Å²) in [7, 11) is 0. The number of carbonyl (C=O) groups is 1. The number of anilines is 1. The van der Waals surface area contributed by atoms with Gasteiger partial charge in [0.15, 0.2) is 0 Å². The van der Waals surface area contributed by atoms with Crippen LogP contribution in [0.2, 0.25) is 0 Å². The SMILES string of the molecule is N#Cc1nc(/C=C2/SC(=S)N(Cc3ccco3)C2=O)oc1N1CC[NH+](Cc2ccccc2)CC1. The minimum atomic E-state index is -0.234. The zero-order valence-electron chi connectivity index (χ0n) is 18.3. The molecule has 1 N–H and O–H groups in total. The predicted octanol–water partition coefficient (Wildman–Crippen LogP) is 2.45. The summed E-state index contributed by atoms with van der Waals surface area (Å²) in [4.78, 5) is 22.6. The fourth-order valence-electron chi connectivity index (χ4n) is 4.07. The molecule has 2 aliphatic heterocycles. The molecule has 0 aliphatic carbocycles. The van der Waals surface area contributed by atoms with E-state index < -0.39 is 0 Å². The van der Waals surface area contributed by atoms with Gasteiger partial charge in [-0.25, -0.2) is 0 Å². The average molecular weight is 493 g/mol. The molecule has 0 bridgehead atoms. The highest BCUT2D eigenvalue weighted by Crippen LogP contribution is 2.34. The van der Waals surface area contributed by atoms with Crippen LogP contribution < -0.4 is 9.80 Å². The van der Waals surface area contributed by atoms with Gasteiger partial charge in [0.2, 0.25) is 17.5 Å². The van der Waals surface area contributed by atoms with E-state index in [4.69, 9.17) is 21.1 Å². The van der Waals surface area contributed by atoms with Crippen LogP contribution in [0.15, 0.2) is 62.5 Å². The van der Waals surface area contributed by atoms with Crippen LogP contribution in [-0.2, 0) is 17.9 Å². The molecule has 2 saturated heterocycles. The van der Waals surface area contributed by atoms with E-state index in [0.29, 0.717) is 20.9 Å². The summed E-state index contributed by atoms with van der Waals surface area (Å²) < 4.78 is 11.7. The van der Waals surface area contributed by atoms with Gasteiger partial charge in [-0.15, -0.1) is 0 Å². The van der Waals surface area contributed by atoms with Crippen LogP contribution in [0.1, 0.15) is 22.9 Å². The highest BCUT2D eigenvalue weighted by atomic mass is 32.2. The second-order valence-electron chi connectivity index (χ2n) is 8.06. The van der Waals surface area contributed by atoms with Crippen molar-refractivity contribution in [1.29, 1.82) is 5.26 Å². The Morgan fingerprint density at radius 2 is 2.00 bits per heavy atom. The normalized spacial score (nSPS) is 18.1. The van der Waals surface area contributed by atoms with Crippen molar-refractivity contribution in [1.82, 2.24) is 9.88 Å². The Hall–Kier alpha value is -3.39. The number of thiocarbonyl (C=S) groups is 1. The molecule has 8 nitrogen and oxygen atoms in total. The Kier molecular flexibility index (Phi) is 6.49. The molecule has 2 aromatic heterocycles. The van der Waals surface area contributed by atoms with E-state index in [0.717, 1.165) is 32.7 Å². The fourth-order valence-corrected chi connectivity index (χ4v) is 5.29. The zero-order valence-corrected chi connectivity index (χ0v) is 19.9. The van der Waals surface area contributed by atoms with E-state index in [1.54, 1.807) is 24.5 Å². The summed E-state index contributed by atoms with van der Waals surface area (Å²) in [6, 6.07) is 16.1. The summed E-state index contributed by atoms with van der Waals surface area (Å²) in [5.41, 5.74) is 1.54. The topological polar surface area (TPSA) is 90.9 Å². The van der Waals surface area contributed by atoms with Crippen molar-refractivity contribution < 1.29 is 18.5 Å². The number of rotatable bonds is 6. The second kappa shape index (κ2) is 9.85. The van der Waals surface area contributed by atoms with Crippen LogP contribution in [0.3, 0.4) is 0 Å². The number of carbonyl (C=O) groups excluding carboxylic acids is 1. The Bertz CT molecular complexity index is 1260. The average Bonchev–Trinajstić information content (AvgIpc) is 3.57. The summed E-state index contributed by atoms with van der Waals surface area (Å²) in [6.45, 7) is 4.63. The summed E-state index contributed by atoms with van der Waals surface area (Å²) >= 11 is 6.55. The number of piperazine rings is 1. The van der Waals surface area contributed by atoms with E-state index >= 15 is 0 Å². The van der Waals surface area contributed by atoms with E-state index in [1.807, 2.05) is 6.07 Å². The molecule has 0 radical (unpaired) electrons. The quantitative estimate of drug-likeness (QED) is 0.415. The number of nitrogens with zero attached hydrogens (tertiary/aromatic N) is 4. The third kappa shape index (κ3) is 4.77. The van der Waals surface area contributed by atoms with Gasteiger partial charge in [0.1, 0.15) is 22.7 Å². The van der Waals surface area contributed by atoms with Gasteiger partial charge in [-0.2, -0.15) is 10.2 Å². The molecule has 34 heavy (non-hydrogen) atoms. The van der Waals surface area contributed by atoms with E-state index in [2.05, 4.69) is 40.2 Å². The first kappa shape index (κ1) is 22.4. The molecule has 5 rings (SSSR count). The molecule has 0 saturated carbocycles. The maximum absolute atomic E-state index is 12.9. The molecular weight excluding hydrogens is 470 g/mol. The van der Waals surface area contributed by atoms with E-state index in [9.17, 15) is 10.1 Å². The van der Waals surface area contributed by atoms with Crippen LogP contribution in [0.4, 0.5) is 5.88 Å². The van der Waals surface area contributed by atoms with Crippen LogP contribution >= 0.6 is 24.0 Å². The van der Waals surface area contributed by atoms with Crippen molar-refractivity contribution in [3.63, 3.8) is 0 Å². The number of nitriles is 1. The minimum absolute atomic E-state index is 0.226.